The predicted octanol–water partition coefficient (Wildman–Crippen LogP) is 23.9. The Kier molecular flexibility index (Phi) is 70.3. The Bertz CT molecular complexity index is 1910. The molecule has 0 heterocycles. The summed E-state index contributed by atoms with van der Waals surface area (Å²) in [4.78, 5) is 73.0. The highest BCUT2D eigenvalue weighted by atomic mass is 31.2. The SMILES string of the molecule is CCCCCCCCCCCCCCCCC(=O)OC[C@H](COP(=O)(O)OC[C@@H](O)COP(=O)(O)OC[C@@H](COC(=O)CCCCCCCCCCCCC)OC(=O)CCCCCCCCCCCCC(C)C)OC(=O)CCCCCCCCCCCCCCCCCCCCC(C)C. The fourth-order valence-electron chi connectivity index (χ4n) is 12.4. The van der Waals surface area contributed by atoms with Gasteiger partial charge in [-0.15, -0.1) is 0 Å². The van der Waals surface area contributed by atoms with E-state index in [2.05, 4.69) is 41.5 Å². The molecule has 19 heteroatoms. The van der Waals surface area contributed by atoms with E-state index in [0.717, 1.165) is 102 Å². The number of hydrogen-bond acceptors (Lipinski definition) is 15. The van der Waals surface area contributed by atoms with Gasteiger partial charge in [0.1, 0.15) is 19.3 Å². The van der Waals surface area contributed by atoms with Crippen LogP contribution in [-0.4, -0.2) is 96.7 Å². The largest absolute Gasteiger partial charge is 0.472 e. The van der Waals surface area contributed by atoms with Gasteiger partial charge in [0, 0.05) is 25.7 Å². The third kappa shape index (κ3) is 74.1. The summed E-state index contributed by atoms with van der Waals surface area (Å²) < 4.78 is 68.7. The lowest BCUT2D eigenvalue weighted by Gasteiger charge is -2.21. The third-order valence-corrected chi connectivity index (χ3v) is 20.6. The molecule has 0 aliphatic rings. The summed E-state index contributed by atoms with van der Waals surface area (Å²) in [5.41, 5.74) is 0. The smallest absolute Gasteiger partial charge is 0.462 e. The van der Waals surface area contributed by atoms with E-state index in [1.165, 1.54) is 238 Å². The lowest BCUT2D eigenvalue weighted by atomic mass is 10.0. The van der Waals surface area contributed by atoms with Crippen LogP contribution in [0.3, 0.4) is 0 Å². The maximum absolute atomic E-state index is 13.1. The van der Waals surface area contributed by atoms with Gasteiger partial charge < -0.3 is 33.8 Å². The summed E-state index contributed by atoms with van der Waals surface area (Å²) >= 11 is 0. The van der Waals surface area contributed by atoms with E-state index in [-0.39, 0.29) is 25.7 Å². The van der Waals surface area contributed by atoms with Crippen molar-refractivity contribution in [1.29, 1.82) is 0 Å². The zero-order chi connectivity index (χ0) is 72.8. The fraction of sp³-hybridized carbons (Fsp3) is 0.950. The van der Waals surface area contributed by atoms with Crippen molar-refractivity contribution in [2.24, 2.45) is 11.8 Å². The van der Waals surface area contributed by atoms with Gasteiger partial charge in [-0.25, -0.2) is 9.13 Å². The fourth-order valence-corrected chi connectivity index (χ4v) is 13.9. The normalized spacial score (nSPS) is 13.9. The van der Waals surface area contributed by atoms with E-state index in [0.29, 0.717) is 25.7 Å². The van der Waals surface area contributed by atoms with Gasteiger partial charge in [-0.05, 0) is 37.5 Å². The number of ether oxygens (including phenoxy) is 4. The van der Waals surface area contributed by atoms with Crippen molar-refractivity contribution >= 4 is 39.5 Å². The monoisotopic (exact) mass is 1450 g/mol. The van der Waals surface area contributed by atoms with Crippen LogP contribution in [0.5, 0.6) is 0 Å². The minimum atomic E-state index is -4.96. The van der Waals surface area contributed by atoms with Crippen LogP contribution in [-0.2, 0) is 65.4 Å². The standard InChI is InChI=1S/C80H156O17P2/c1-7-9-11-13-15-17-19-20-28-32-39-45-51-57-63-78(83)91-69-75(96-79(84)64-58-52-46-40-33-29-26-24-22-21-23-25-27-31-36-42-48-54-60-72(3)4)70-94-98(86,87)92-66-74(81)67-93-99(88,89)95-71-76(68-90-77(82)62-56-50-44-38-30-18-16-14-12-10-8-2)97-80(85)65-59-53-47-41-35-34-37-43-49-55-61-73(5)6/h72-76,81H,7-71H2,1-6H3,(H,86,87)(H,88,89)/t74-,75-,76-/m1/s1. The molecule has 2 unspecified atom stereocenters. The molecule has 0 aliphatic carbocycles. The van der Waals surface area contributed by atoms with Gasteiger partial charge in [-0.2, -0.15) is 0 Å². The van der Waals surface area contributed by atoms with Crippen molar-refractivity contribution in [3.63, 3.8) is 0 Å². The van der Waals surface area contributed by atoms with Crippen molar-refractivity contribution in [3.8, 4) is 0 Å². The topological polar surface area (TPSA) is 237 Å². The molecule has 0 fully saturated rings. The number of hydrogen-bond donors (Lipinski definition) is 3. The van der Waals surface area contributed by atoms with Gasteiger partial charge in [0.2, 0.25) is 0 Å². The number of unbranched alkanes of at least 4 members (excludes halogenated alkanes) is 49. The molecule has 588 valence electrons. The first kappa shape index (κ1) is 97.1. The molecule has 5 atom stereocenters. The Morgan fingerprint density at radius 3 is 0.687 bits per heavy atom. The molecule has 3 N–H and O–H groups in total. The number of phosphoric acid groups is 2. The average Bonchev–Trinajstić information content (AvgIpc) is 1.05. The highest BCUT2D eigenvalue weighted by Gasteiger charge is 2.30. The molecule has 17 nitrogen and oxygen atoms in total. The first-order valence-corrected chi connectivity index (χ1v) is 44.5. The Labute approximate surface area is 607 Å². The molecule has 0 bridgehead atoms. The number of aliphatic hydroxyl groups is 1. The van der Waals surface area contributed by atoms with Gasteiger partial charge in [0.15, 0.2) is 12.2 Å². The lowest BCUT2D eigenvalue weighted by molar-refractivity contribution is -0.161. The molecule has 0 saturated heterocycles. The van der Waals surface area contributed by atoms with Crippen LogP contribution in [0.25, 0.3) is 0 Å². The minimum absolute atomic E-state index is 0.106. The maximum Gasteiger partial charge on any atom is 0.472 e. The Balaban J connectivity index is 5.22. The molecule has 0 aromatic heterocycles. The van der Waals surface area contributed by atoms with Gasteiger partial charge in [-0.1, -0.05) is 369 Å². The summed E-state index contributed by atoms with van der Waals surface area (Å²) in [5, 5.41) is 10.6. The molecule has 0 aromatic carbocycles. The van der Waals surface area contributed by atoms with Crippen molar-refractivity contribution in [1.82, 2.24) is 0 Å². The van der Waals surface area contributed by atoms with E-state index < -0.39 is 97.5 Å². The zero-order valence-corrected chi connectivity index (χ0v) is 66.6. The second-order valence-corrected chi connectivity index (χ2v) is 32.7. The summed E-state index contributed by atoms with van der Waals surface area (Å²) in [6.45, 7) is 9.65. The summed E-state index contributed by atoms with van der Waals surface area (Å²) in [5.74, 6) is -0.536. The number of esters is 4. The molecule has 99 heavy (non-hydrogen) atoms. The van der Waals surface area contributed by atoms with E-state index in [1.54, 1.807) is 0 Å². The van der Waals surface area contributed by atoms with Crippen molar-refractivity contribution < 1.29 is 80.2 Å². The second-order valence-electron chi connectivity index (χ2n) is 29.8. The maximum atomic E-state index is 13.1. The number of phosphoric ester groups is 2. The van der Waals surface area contributed by atoms with Crippen LogP contribution in [0.2, 0.25) is 0 Å². The van der Waals surface area contributed by atoms with Crippen LogP contribution in [0.4, 0.5) is 0 Å². The van der Waals surface area contributed by atoms with E-state index in [9.17, 15) is 43.2 Å². The van der Waals surface area contributed by atoms with Crippen LogP contribution in [0.15, 0.2) is 0 Å². The van der Waals surface area contributed by atoms with Crippen molar-refractivity contribution in [3.05, 3.63) is 0 Å². The Morgan fingerprint density at radius 1 is 0.273 bits per heavy atom. The highest BCUT2D eigenvalue weighted by molar-refractivity contribution is 7.47. The quantitative estimate of drug-likeness (QED) is 0.0222. The first-order chi connectivity index (χ1) is 47.9. The van der Waals surface area contributed by atoms with Crippen molar-refractivity contribution in [2.45, 2.75) is 439 Å². The first-order valence-electron chi connectivity index (χ1n) is 41.5. The number of carbonyl (C=O) groups excluding carboxylic acids is 4. The number of aliphatic hydroxyl groups excluding tert-OH is 1. The minimum Gasteiger partial charge on any atom is -0.462 e. The summed E-state index contributed by atoms with van der Waals surface area (Å²) in [7, 11) is -9.92. The van der Waals surface area contributed by atoms with E-state index in [4.69, 9.17) is 37.0 Å². The van der Waals surface area contributed by atoms with Gasteiger partial charge in [0.25, 0.3) is 0 Å². The van der Waals surface area contributed by atoms with Gasteiger partial charge >= 0.3 is 39.5 Å². The van der Waals surface area contributed by atoms with E-state index >= 15 is 0 Å². The molecule has 0 aliphatic heterocycles. The number of rotatable bonds is 79. The summed E-state index contributed by atoms with van der Waals surface area (Å²) in [6.07, 6.45) is 61.0. The molecular formula is C80H156O17P2. The molecule has 0 amide bonds. The molecule has 0 spiro atoms. The van der Waals surface area contributed by atoms with Crippen molar-refractivity contribution in [2.75, 3.05) is 39.6 Å². The molecule has 0 rings (SSSR count). The zero-order valence-electron chi connectivity index (χ0n) is 64.8. The van der Waals surface area contributed by atoms with Crippen LogP contribution >= 0.6 is 15.6 Å². The van der Waals surface area contributed by atoms with Crippen LogP contribution in [0, 0.1) is 11.8 Å². The van der Waals surface area contributed by atoms with Crippen LogP contribution < -0.4 is 0 Å². The number of carbonyl (C=O) groups is 4. The third-order valence-electron chi connectivity index (χ3n) is 18.7. The van der Waals surface area contributed by atoms with Gasteiger partial charge in [-0.3, -0.25) is 37.3 Å². The molecular weight excluding hydrogens is 1290 g/mol. The highest BCUT2D eigenvalue weighted by Crippen LogP contribution is 2.45. The van der Waals surface area contributed by atoms with Gasteiger partial charge in [0.05, 0.1) is 26.4 Å². The average molecular weight is 1450 g/mol. The molecule has 0 radical (unpaired) electrons. The second kappa shape index (κ2) is 71.7. The van der Waals surface area contributed by atoms with Crippen LogP contribution in [0.1, 0.15) is 420 Å². The Morgan fingerprint density at radius 2 is 0.465 bits per heavy atom. The molecule has 0 saturated carbocycles. The summed E-state index contributed by atoms with van der Waals surface area (Å²) in [6, 6.07) is 0. The lowest BCUT2D eigenvalue weighted by Crippen LogP contribution is -2.30. The van der Waals surface area contributed by atoms with E-state index in [1.807, 2.05) is 0 Å². The Hall–Kier alpha value is -1.94. The predicted molar refractivity (Wildman–Crippen MR) is 405 cm³/mol. The molecule has 0 aromatic rings.